The number of hydrogen-bond acceptors (Lipinski definition) is 3. The highest BCUT2D eigenvalue weighted by molar-refractivity contribution is 6.30. The Bertz CT molecular complexity index is 880. The molecule has 1 aliphatic rings. The van der Waals surface area contributed by atoms with E-state index in [1.165, 1.54) is 18.1 Å². The minimum Gasteiger partial charge on any atom is -0.349 e. The van der Waals surface area contributed by atoms with Crippen LogP contribution >= 0.6 is 11.6 Å². The molecule has 1 aliphatic heterocycles. The second-order valence-electron chi connectivity index (χ2n) is 8.06. The largest absolute Gasteiger partial charge is 0.349 e. The van der Waals surface area contributed by atoms with E-state index in [1.807, 2.05) is 24.3 Å². The minimum absolute atomic E-state index is 0.130. The van der Waals surface area contributed by atoms with E-state index < -0.39 is 6.04 Å². The SMILES string of the molecule is CC(=O)NC(CC(=O)Nc1cccc2c1CN(CC(C)C)C2)c1ccc(Cl)cc1. The number of rotatable bonds is 7. The van der Waals surface area contributed by atoms with Crippen LogP contribution in [-0.4, -0.2) is 23.3 Å². The predicted octanol–water partition coefficient (Wildman–Crippen LogP) is 4.52. The third-order valence-corrected chi connectivity index (χ3v) is 5.24. The average molecular weight is 414 g/mol. The maximum atomic E-state index is 12.8. The molecular weight excluding hydrogens is 386 g/mol. The summed E-state index contributed by atoms with van der Waals surface area (Å²) in [5, 5.41) is 6.54. The van der Waals surface area contributed by atoms with Crippen molar-refractivity contribution < 1.29 is 9.59 Å². The van der Waals surface area contributed by atoms with Crippen molar-refractivity contribution in [3.05, 3.63) is 64.2 Å². The molecule has 1 heterocycles. The molecule has 3 rings (SSSR count). The molecular formula is C23H28ClN3O2. The van der Waals surface area contributed by atoms with Crippen molar-refractivity contribution in [2.24, 2.45) is 5.92 Å². The fraction of sp³-hybridized carbons (Fsp3) is 0.391. The van der Waals surface area contributed by atoms with Gasteiger partial charge >= 0.3 is 0 Å². The fourth-order valence-electron chi connectivity index (χ4n) is 3.83. The predicted molar refractivity (Wildman–Crippen MR) is 117 cm³/mol. The second kappa shape index (κ2) is 9.42. The zero-order valence-corrected chi connectivity index (χ0v) is 17.9. The molecule has 154 valence electrons. The first-order valence-electron chi connectivity index (χ1n) is 9.97. The van der Waals surface area contributed by atoms with Gasteiger partial charge in [-0.2, -0.15) is 0 Å². The monoisotopic (exact) mass is 413 g/mol. The van der Waals surface area contributed by atoms with Crippen molar-refractivity contribution in [2.75, 3.05) is 11.9 Å². The van der Waals surface area contributed by atoms with Crippen LogP contribution in [0.2, 0.25) is 5.02 Å². The highest BCUT2D eigenvalue weighted by atomic mass is 35.5. The van der Waals surface area contributed by atoms with Gasteiger partial charge < -0.3 is 10.6 Å². The first kappa shape index (κ1) is 21.3. The fourth-order valence-corrected chi connectivity index (χ4v) is 3.96. The van der Waals surface area contributed by atoms with E-state index in [4.69, 9.17) is 11.6 Å². The van der Waals surface area contributed by atoms with Crippen LogP contribution in [0.4, 0.5) is 5.69 Å². The zero-order valence-electron chi connectivity index (χ0n) is 17.2. The van der Waals surface area contributed by atoms with E-state index in [0.29, 0.717) is 10.9 Å². The van der Waals surface area contributed by atoms with Gasteiger partial charge in [-0.25, -0.2) is 0 Å². The topological polar surface area (TPSA) is 61.4 Å². The maximum Gasteiger partial charge on any atom is 0.226 e. The Kier molecular flexibility index (Phi) is 6.93. The molecule has 0 aromatic heterocycles. The van der Waals surface area contributed by atoms with Crippen LogP contribution in [0.5, 0.6) is 0 Å². The molecule has 0 spiro atoms. The molecule has 29 heavy (non-hydrogen) atoms. The van der Waals surface area contributed by atoms with E-state index in [0.717, 1.165) is 30.9 Å². The van der Waals surface area contributed by atoms with Gasteiger partial charge in [0.05, 0.1) is 12.5 Å². The molecule has 0 radical (unpaired) electrons. The van der Waals surface area contributed by atoms with E-state index in [1.54, 1.807) is 12.1 Å². The first-order chi connectivity index (χ1) is 13.8. The third-order valence-electron chi connectivity index (χ3n) is 4.99. The summed E-state index contributed by atoms with van der Waals surface area (Å²) in [6.07, 6.45) is 0.153. The van der Waals surface area contributed by atoms with Crippen LogP contribution in [-0.2, 0) is 22.7 Å². The molecule has 0 bridgehead atoms. The van der Waals surface area contributed by atoms with Gasteiger partial charge in [-0.15, -0.1) is 0 Å². The molecule has 5 nitrogen and oxygen atoms in total. The van der Waals surface area contributed by atoms with Crippen molar-refractivity contribution in [1.29, 1.82) is 0 Å². The van der Waals surface area contributed by atoms with Gasteiger partial charge in [0.25, 0.3) is 0 Å². The van der Waals surface area contributed by atoms with Crippen molar-refractivity contribution >= 4 is 29.1 Å². The normalized spacial score (nSPS) is 14.5. The van der Waals surface area contributed by atoms with Gasteiger partial charge in [0, 0.05) is 37.3 Å². The molecule has 6 heteroatoms. The van der Waals surface area contributed by atoms with Gasteiger partial charge in [0.2, 0.25) is 11.8 Å². The Hall–Kier alpha value is -2.37. The van der Waals surface area contributed by atoms with Gasteiger partial charge in [-0.1, -0.05) is 49.7 Å². The summed E-state index contributed by atoms with van der Waals surface area (Å²) in [6.45, 7) is 8.67. The highest BCUT2D eigenvalue weighted by Crippen LogP contribution is 2.30. The molecule has 2 N–H and O–H groups in total. The number of carbonyl (C=O) groups is 2. The summed E-state index contributed by atoms with van der Waals surface area (Å²) >= 11 is 5.96. The van der Waals surface area contributed by atoms with Gasteiger partial charge in [-0.3, -0.25) is 14.5 Å². The lowest BCUT2D eigenvalue weighted by molar-refractivity contribution is -0.120. The number of carbonyl (C=O) groups excluding carboxylic acids is 2. The lowest BCUT2D eigenvalue weighted by Crippen LogP contribution is -2.30. The average Bonchev–Trinajstić information content (AvgIpc) is 3.04. The maximum absolute atomic E-state index is 12.8. The summed E-state index contributed by atoms with van der Waals surface area (Å²) in [6, 6.07) is 12.8. The Labute approximate surface area is 177 Å². The summed E-state index contributed by atoms with van der Waals surface area (Å²) in [5.41, 5.74) is 4.15. The molecule has 1 atom stereocenters. The van der Waals surface area contributed by atoms with Gasteiger partial charge in [0.15, 0.2) is 0 Å². The summed E-state index contributed by atoms with van der Waals surface area (Å²) in [7, 11) is 0. The van der Waals surface area contributed by atoms with Crippen molar-refractivity contribution in [3.63, 3.8) is 0 Å². The van der Waals surface area contributed by atoms with Crippen LogP contribution < -0.4 is 10.6 Å². The quantitative estimate of drug-likeness (QED) is 0.701. The van der Waals surface area contributed by atoms with E-state index >= 15 is 0 Å². The second-order valence-corrected chi connectivity index (χ2v) is 8.50. The number of benzene rings is 2. The lowest BCUT2D eigenvalue weighted by Gasteiger charge is -2.19. The van der Waals surface area contributed by atoms with E-state index in [9.17, 15) is 9.59 Å². The standard InChI is InChI=1S/C23H28ClN3O2/c1-15(2)12-27-13-18-5-4-6-21(20(18)14-27)26-23(29)11-22(25-16(3)28)17-7-9-19(24)10-8-17/h4-10,15,22H,11-14H2,1-3H3,(H,25,28)(H,26,29). The number of hydrogen-bond donors (Lipinski definition) is 2. The lowest BCUT2D eigenvalue weighted by atomic mass is 10.0. The molecule has 2 aromatic carbocycles. The number of anilines is 1. The van der Waals surface area contributed by atoms with Crippen LogP contribution in [0.3, 0.4) is 0 Å². The van der Waals surface area contributed by atoms with Crippen LogP contribution in [0, 0.1) is 5.92 Å². The third kappa shape index (κ3) is 5.81. The van der Waals surface area contributed by atoms with Crippen molar-refractivity contribution in [1.82, 2.24) is 10.2 Å². The number of fused-ring (bicyclic) bond motifs is 1. The van der Waals surface area contributed by atoms with Crippen molar-refractivity contribution in [2.45, 2.75) is 46.3 Å². The van der Waals surface area contributed by atoms with Gasteiger partial charge in [0.1, 0.15) is 0 Å². The summed E-state index contributed by atoms with van der Waals surface area (Å²) in [4.78, 5) is 26.8. The Morgan fingerprint density at radius 3 is 2.48 bits per heavy atom. The molecule has 2 amide bonds. The molecule has 0 aliphatic carbocycles. The molecule has 0 saturated carbocycles. The molecule has 0 fully saturated rings. The molecule has 1 unspecified atom stereocenters. The number of nitrogens with one attached hydrogen (secondary N) is 2. The number of nitrogens with zero attached hydrogens (tertiary/aromatic N) is 1. The smallest absolute Gasteiger partial charge is 0.226 e. The Morgan fingerprint density at radius 2 is 1.83 bits per heavy atom. The summed E-state index contributed by atoms with van der Waals surface area (Å²) < 4.78 is 0. The van der Waals surface area contributed by atoms with Crippen LogP contribution in [0.25, 0.3) is 0 Å². The minimum atomic E-state index is -0.404. The van der Waals surface area contributed by atoms with Crippen LogP contribution in [0.1, 0.15) is 49.9 Å². The Morgan fingerprint density at radius 1 is 1.10 bits per heavy atom. The highest BCUT2D eigenvalue weighted by Gasteiger charge is 2.24. The molecule has 2 aromatic rings. The summed E-state index contributed by atoms with van der Waals surface area (Å²) in [5.74, 6) is 0.289. The van der Waals surface area contributed by atoms with Gasteiger partial charge in [-0.05, 0) is 40.8 Å². The van der Waals surface area contributed by atoms with E-state index in [-0.39, 0.29) is 18.2 Å². The van der Waals surface area contributed by atoms with Crippen LogP contribution in [0.15, 0.2) is 42.5 Å². The van der Waals surface area contributed by atoms with E-state index in [2.05, 4.69) is 35.4 Å². The number of amides is 2. The first-order valence-corrected chi connectivity index (χ1v) is 10.3. The Balaban J connectivity index is 1.71. The van der Waals surface area contributed by atoms with Crippen molar-refractivity contribution in [3.8, 4) is 0 Å². The molecule has 0 saturated heterocycles. The zero-order chi connectivity index (χ0) is 21.0. The number of halogens is 1.